The molecule has 3 rings (SSSR count). The van der Waals surface area contributed by atoms with Crippen LogP contribution in [0.5, 0.6) is 11.5 Å². The molecule has 0 amide bonds. The van der Waals surface area contributed by atoms with Crippen LogP contribution in [0.15, 0.2) is 66.3 Å². The minimum atomic E-state index is 0. The molecule has 1 aromatic heterocycles. The third-order valence-corrected chi connectivity index (χ3v) is 5.17. The Labute approximate surface area is 193 Å². The van der Waals surface area contributed by atoms with Crippen molar-refractivity contribution in [2.75, 3.05) is 25.5 Å². The van der Waals surface area contributed by atoms with Crippen LogP contribution in [0.4, 0.5) is 0 Å². The zero-order valence-electron chi connectivity index (χ0n) is 17.6. The van der Waals surface area contributed by atoms with Gasteiger partial charge in [0.25, 0.3) is 0 Å². The van der Waals surface area contributed by atoms with Crippen LogP contribution in [0.2, 0.25) is 0 Å². The maximum atomic E-state index is 5.70. The van der Waals surface area contributed by atoms with Gasteiger partial charge in [-0.3, -0.25) is 0 Å². The molecular formula is C22H28ClN5O2S. The summed E-state index contributed by atoms with van der Waals surface area (Å²) in [5.41, 5.74) is 2.12. The highest BCUT2D eigenvalue weighted by molar-refractivity contribution is 7.99. The fraction of sp³-hybridized carbons (Fsp3) is 0.318. The Morgan fingerprint density at radius 3 is 2.74 bits per heavy atom. The van der Waals surface area contributed by atoms with E-state index in [-0.39, 0.29) is 12.4 Å². The summed E-state index contributed by atoms with van der Waals surface area (Å²) in [5.74, 6) is 2.44. The summed E-state index contributed by atoms with van der Waals surface area (Å²) >= 11 is 1.66. The van der Waals surface area contributed by atoms with Gasteiger partial charge in [-0.25, -0.2) is 0 Å². The fourth-order valence-electron chi connectivity index (χ4n) is 2.79. The topological polar surface area (TPSA) is 74.1 Å². The quantitative estimate of drug-likeness (QED) is 0.231. The van der Waals surface area contributed by atoms with E-state index < -0.39 is 0 Å². The van der Waals surface area contributed by atoms with Gasteiger partial charge in [0, 0.05) is 12.3 Å². The van der Waals surface area contributed by atoms with E-state index in [4.69, 9.17) is 9.47 Å². The number of nitrogens with zero attached hydrogens (tertiary/aromatic N) is 4. The van der Waals surface area contributed by atoms with Crippen LogP contribution in [0, 0.1) is 0 Å². The predicted molar refractivity (Wildman–Crippen MR) is 127 cm³/mol. The van der Waals surface area contributed by atoms with Crippen molar-refractivity contribution in [1.29, 1.82) is 0 Å². The summed E-state index contributed by atoms with van der Waals surface area (Å²) < 4.78 is 13.1. The SMILES string of the molecule is C=CCOc1ccc(CNCCCSc2nnnn2-c2ccccc2)cc1OCC.Cl. The molecule has 1 heterocycles. The van der Waals surface area contributed by atoms with E-state index in [9.17, 15) is 0 Å². The Kier molecular flexibility index (Phi) is 10.9. The van der Waals surface area contributed by atoms with Gasteiger partial charge in [0.15, 0.2) is 11.5 Å². The van der Waals surface area contributed by atoms with E-state index in [1.807, 2.05) is 49.4 Å². The van der Waals surface area contributed by atoms with Crippen LogP contribution in [-0.4, -0.2) is 45.7 Å². The molecule has 2 aromatic carbocycles. The van der Waals surface area contributed by atoms with Gasteiger partial charge >= 0.3 is 0 Å². The molecule has 9 heteroatoms. The molecule has 0 atom stereocenters. The van der Waals surface area contributed by atoms with E-state index >= 15 is 0 Å². The minimum absolute atomic E-state index is 0. The maximum Gasteiger partial charge on any atom is 0.214 e. The molecule has 0 radical (unpaired) electrons. The zero-order valence-corrected chi connectivity index (χ0v) is 19.2. The molecule has 0 bridgehead atoms. The number of benzene rings is 2. The molecule has 3 aromatic rings. The minimum Gasteiger partial charge on any atom is -0.490 e. The first kappa shape index (κ1) is 24.7. The lowest BCUT2D eigenvalue weighted by Crippen LogP contribution is -2.15. The van der Waals surface area contributed by atoms with Gasteiger partial charge < -0.3 is 14.8 Å². The third kappa shape index (κ3) is 7.57. The van der Waals surface area contributed by atoms with Crippen molar-refractivity contribution in [1.82, 2.24) is 25.5 Å². The van der Waals surface area contributed by atoms with Crippen molar-refractivity contribution in [3.63, 3.8) is 0 Å². The summed E-state index contributed by atoms with van der Waals surface area (Å²) in [6.07, 6.45) is 2.73. The number of ether oxygens (including phenoxy) is 2. The summed E-state index contributed by atoms with van der Waals surface area (Å²) in [6.45, 7) is 8.38. The third-order valence-electron chi connectivity index (χ3n) is 4.16. The lowest BCUT2D eigenvalue weighted by molar-refractivity contribution is 0.296. The number of para-hydroxylation sites is 1. The Hall–Kier alpha value is -2.55. The van der Waals surface area contributed by atoms with Crippen molar-refractivity contribution in [3.8, 4) is 17.2 Å². The summed E-state index contributed by atoms with van der Waals surface area (Å²) in [5, 5.41) is 16.3. The van der Waals surface area contributed by atoms with E-state index in [0.29, 0.717) is 13.2 Å². The molecular weight excluding hydrogens is 434 g/mol. The average molecular weight is 462 g/mol. The summed E-state index contributed by atoms with van der Waals surface area (Å²) in [6, 6.07) is 15.9. The number of hydrogen-bond acceptors (Lipinski definition) is 7. The summed E-state index contributed by atoms with van der Waals surface area (Å²) in [4.78, 5) is 0. The Bertz CT molecular complexity index is 923. The number of nitrogens with one attached hydrogen (secondary N) is 1. The molecule has 0 aliphatic carbocycles. The van der Waals surface area contributed by atoms with Crippen LogP contribution in [-0.2, 0) is 6.54 Å². The van der Waals surface area contributed by atoms with Crippen molar-refractivity contribution >= 4 is 24.2 Å². The second-order valence-corrected chi connectivity index (χ2v) is 7.46. The van der Waals surface area contributed by atoms with E-state index in [1.165, 1.54) is 0 Å². The number of halogens is 1. The van der Waals surface area contributed by atoms with Crippen molar-refractivity contribution in [3.05, 3.63) is 66.7 Å². The van der Waals surface area contributed by atoms with Crippen molar-refractivity contribution in [2.24, 2.45) is 0 Å². The molecule has 166 valence electrons. The van der Waals surface area contributed by atoms with Gasteiger partial charge in [-0.1, -0.05) is 48.7 Å². The van der Waals surface area contributed by atoms with Gasteiger partial charge in [0.05, 0.1) is 12.3 Å². The number of rotatable bonds is 13. The number of aromatic nitrogens is 4. The highest BCUT2D eigenvalue weighted by Crippen LogP contribution is 2.28. The van der Waals surface area contributed by atoms with Crippen LogP contribution in [0.3, 0.4) is 0 Å². The van der Waals surface area contributed by atoms with Crippen LogP contribution < -0.4 is 14.8 Å². The van der Waals surface area contributed by atoms with Crippen LogP contribution in [0.25, 0.3) is 5.69 Å². The average Bonchev–Trinajstić information content (AvgIpc) is 3.25. The first-order valence-electron chi connectivity index (χ1n) is 9.98. The molecule has 0 aliphatic heterocycles. The molecule has 0 aliphatic rings. The molecule has 0 saturated carbocycles. The molecule has 0 unspecified atom stereocenters. The lowest BCUT2D eigenvalue weighted by Gasteiger charge is -2.13. The summed E-state index contributed by atoms with van der Waals surface area (Å²) in [7, 11) is 0. The van der Waals surface area contributed by atoms with Gasteiger partial charge in [0.2, 0.25) is 5.16 Å². The highest BCUT2D eigenvalue weighted by atomic mass is 35.5. The predicted octanol–water partition coefficient (Wildman–Crippen LogP) is 4.32. The highest BCUT2D eigenvalue weighted by Gasteiger charge is 2.09. The molecule has 1 N–H and O–H groups in total. The number of tetrazole rings is 1. The first-order valence-corrected chi connectivity index (χ1v) is 11.0. The second-order valence-electron chi connectivity index (χ2n) is 6.40. The fourth-order valence-corrected chi connectivity index (χ4v) is 3.62. The van der Waals surface area contributed by atoms with E-state index in [2.05, 4.69) is 33.5 Å². The Morgan fingerprint density at radius 1 is 1.13 bits per heavy atom. The van der Waals surface area contributed by atoms with E-state index in [0.717, 1.165) is 53.2 Å². The Balaban J connectivity index is 0.00000341. The standard InChI is InChI=1S/C22H27N5O2S.ClH/c1-3-14-29-20-12-11-18(16-21(20)28-4-2)17-23-13-8-15-30-22-24-25-26-27(22)19-9-6-5-7-10-19;/h3,5-7,9-12,16,23H,1,4,8,13-15,17H2,2H3;1H. The molecule has 0 spiro atoms. The molecule has 7 nitrogen and oxygen atoms in total. The first-order chi connectivity index (χ1) is 14.8. The van der Waals surface area contributed by atoms with E-state index in [1.54, 1.807) is 22.5 Å². The number of hydrogen-bond donors (Lipinski definition) is 1. The van der Waals surface area contributed by atoms with Gasteiger partial charge in [-0.15, -0.1) is 17.5 Å². The van der Waals surface area contributed by atoms with Crippen LogP contribution in [0.1, 0.15) is 18.9 Å². The zero-order chi connectivity index (χ0) is 21.0. The Morgan fingerprint density at radius 2 is 1.97 bits per heavy atom. The number of thioether (sulfide) groups is 1. The second kappa shape index (κ2) is 13.7. The largest absolute Gasteiger partial charge is 0.490 e. The van der Waals surface area contributed by atoms with Gasteiger partial charge in [-0.05, 0) is 60.1 Å². The van der Waals surface area contributed by atoms with Crippen LogP contribution >= 0.6 is 24.2 Å². The van der Waals surface area contributed by atoms with Gasteiger partial charge in [-0.2, -0.15) is 4.68 Å². The van der Waals surface area contributed by atoms with Gasteiger partial charge in [0.1, 0.15) is 6.61 Å². The molecule has 0 saturated heterocycles. The normalized spacial score (nSPS) is 10.4. The lowest BCUT2D eigenvalue weighted by atomic mass is 10.2. The van der Waals surface area contributed by atoms with Crippen molar-refractivity contribution in [2.45, 2.75) is 25.0 Å². The molecule has 31 heavy (non-hydrogen) atoms. The maximum absolute atomic E-state index is 5.70. The molecule has 0 fully saturated rings. The monoisotopic (exact) mass is 461 g/mol. The smallest absolute Gasteiger partial charge is 0.214 e. The van der Waals surface area contributed by atoms with Crippen molar-refractivity contribution < 1.29 is 9.47 Å².